The highest BCUT2D eigenvalue weighted by Crippen LogP contribution is 2.33. The van der Waals surface area contributed by atoms with Crippen LogP contribution in [0.2, 0.25) is 0 Å². The molecule has 0 saturated carbocycles. The summed E-state index contributed by atoms with van der Waals surface area (Å²) in [6, 6.07) is 29.5. The van der Waals surface area contributed by atoms with Crippen molar-refractivity contribution < 1.29 is 9.53 Å². The van der Waals surface area contributed by atoms with E-state index in [4.69, 9.17) is 4.74 Å². The highest BCUT2D eigenvalue weighted by molar-refractivity contribution is 5.83. The van der Waals surface area contributed by atoms with E-state index in [1.54, 1.807) is 0 Å². The molecule has 0 spiro atoms. The van der Waals surface area contributed by atoms with Crippen LogP contribution in [0.4, 0.5) is 4.79 Å². The van der Waals surface area contributed by atoms with E-state index in [0.29, 0.717) is 12.5 Å². The van der Waals surface area contributed by atoms with Crippen molar-refractivity contribution >= 4 is 17.0 Å². The molecule has 2 heterocycles. The van der Waals surface area contributed by atoms with Gasteiger partial charge in [0.05, 0.1) is 0 Å². The number of nitrogens with one attached hydrogen (secondary N) is 1. The lowest BCUT2D eigenvalue weighted by Gasteiger charge is -2.33. The number of hydrogen-bond donors (Lipinski definition) is 1. The summed E-state index contributed by atoms with van der Waals surface area (Å²) in [6.07, 6.45) is 3.86. The third kappa shape index (κ3) is 5.80. The minimum Gasteiger partial charge on any atom is -0.448 e. The summed E-state index contributed by atoms with van der Waals surface area (Å²) < 4.78 is 5.84. The summed E-state index contributed by atoms with van der Waals surface area (Å²) in [7, 11) is 0. The molecule has 1 aromatic heterocycles. The fraction of sp³-hybridized carbons (Fsp3) is 0.323. The number of para-hydroxylation sites is 1. The van der Waals surface area contributed by atoms with Crippen LogP contribution < -0.4 is 0 Å². The monoisotopic (exact) mass is 481 g/mol. The minimum absolute atomic E-state index is 0.0955. The number of nitrogens with zero attached hydrogens (tertiary/aromatic N) is 2. The van der Waals surface area contributed by atoms with Crippen LogP contribution in [0.15, 0.2) is 91.1 Å². The number of benzene rings is 3. The Labute approximate surface area is 213 Å². The summed E-state index contributed by atoms with van der Waals surface area (Å²) in [4.78, 5) is 20.6. The molecular weight excluding hydrogens is 446 g/mol. The summed E-state index contributed by atoms with van der Waals surface area (Å²) in [6.45, 7) is 5.60. The van der Waals surface area contributed by atoms with Crippen molar-refractivity contribution in [3.8, 4) is 0 Å². The standard InChI is InChI=1S/C31H35N3O2/c1-24(34(21-25-10-4-2-5-11-25)22-26-12-6-3-7-13-26)23-36-31(35)33-18-16-27(17-19-33)29-20-32-30-15-9-8-14-28(29)30/h2-15,20,24,27,32H,16-19,21-23H2,1H3. The highest BCUT2D eigenvalue weighted by atomic mass is 16.6. The molecule has 1 unspecified atom stereocenters. The summed E-state index contributed by atoms with van der Waals surface area (Å²) in [5.74, 6) is 0.469. The van der Waals surface area contributed by atoms with Gasteiger partial charge < -0.3 is 14.6 Å². The molecule has 36 heavy (non-hydrogen) atoms. The number of carbonyl (C=O) groups is 1. The number of ether oxygens (including phenoxy) is 1. The number of carbonyl (C=O) groups excluding carboxylic acids is 1. The van der Waals surface area contributed by atoms with Crippen molar-refractivity contribution in [2.45, 2.75) is 44.8 Å². The second-order valence-corrected chi connectivity index (χ2v) is 9.85. The molecule has 1 fully saturated rings. The number of amides is 1. The van der Waals surface area contributed by atoms with E-state index >= 15 is 0 Å². The summed E-state index contributed by atoms with van der Waals surface area (Å²) >= 11 is 0. The fourth-order valence-electron chi connectivity index (χ4n) is 5.20. The second kappa shape index (κ2) is 11.4. The molecule has 1 aliphatic rings. The van der Waals surface area contributed by atoms with Crippen LogP contribution in [0, 0.1) is 0 Å². The Morgan fingerprint density at radius 1 is 0.917 bits per heavy atom. The average molecular weight is 482 g/mol. The zero-order valence-corrected chi connectivity index (χ0v) is 21.0. The molecule has 5 nitrogen and oxygen atoms in total. The maximum atomic E-state index is 12.9. The van der Waals surface area contributed by atoms with Crippen molar-refractivity contribution in [3.05, 3.63) is 108 Å². The van der Waals surface area contributed by atoms with Crippen LogP contribution in [-0.2, 0) is 17.8 Å². The minimum atomic E-state index is -0.196. The zero-order valence-electron chi connectivity index (χ0n) is 21.0. The van der Waals surface area contributed by atoms with E-state index in [0.717, 1.165) is 39.0 Å². The van der Waals surface area contributed by atoms with Gasteiger partial charge in [0.15, 0.2) is 0 Å². The Morgan fingerprint density at radius 3 is 2.14 bits per heavy atom. The highest BCUT2D eigenvalue weighted by Gasteiger charge is 2.27. The van der Waals surface area contributed by atoms with Crippen molar-refractivity contribution in [1.82, 2.24) is 14.8 Å². The van der Waals surface area contributed by atoms with Gasteiger partial charge in [-0.1, -0.05) is 78.9 Å². The number of hydrogen-bond acceptors (Lipinski definition) is 3. The molecule has 1 amide bonds. The molecule has 4 aromatic rings. The Balaban J connectivity index is 1.16. The number of likely N-dealkylation sites (tertiary alicyclic amines) is 1. The largest absolute Gasteiger partial charge is 0.448 e. The van der Waals surface area contributed by atoms with Crippen molar-refractivity contribution in [3.63, 3.8) is 0 Å². The van der Waals surface area contributed by atoms with Gasteiger partial charge in [0.2, 0.25) is 0 Å². The Hall–Kier alpha value is -3.57. The summed E-state index contributed by atoms with van der Waals surface area (Å²) in [5, 5.41) is 1.30. The lowest BCUT2D eigenvalue weighted by Crippen LogP contribution is -2.41. The van der Waals surface area contributed by atoms with Gasteiger partial charge in [-0.2, -0.15) is 0 Å². The molecule has 0 radical (unpaired) electrons. The van der Waals surface area contributed by atoms with E-state index in [2.05, 4.69) is 95.8 Å². The quantitative estimate of drug-likeness (QED) is 0.309. The first kappa shape index (κ1) is 24.1. The first-order chi connectivity index (χ1) is 17.7. The van der Waals surface area contributed by atoms with E-state index < -0.39 is 0 Å². The normalized spacial score (nSPS) is 15.3. The molecule has 0 bridgehead atoms. The maximum Gasteiger partial charge on any atom is 0.409 e. The number of aromatic amines is 1. The van der Waals surface area contributed by atoms with Gasteiger partial charge >= 0.3 is 6.09 Å². The molecule has 1 atom stereocenters. The van der Waals surface area contributed by atoms with E-state index in [9.17, 15) is 4.79 Å². The Kier molecular flexibility index (Phi) is 7.67. The van der Waals surface area contributed by atoms with Crippen LogP contribution >= 0.6 is 0 Å². The van der Waals surface area contributed by atoms with Gasteiger partial charge in [-0.3, -0.25) is 4.90 Å². The van der Waals surface area contributed by atoms with Crippen LogP contribution in [0.5, 0.6) is 0 Å². The third-order valence-corrected chi connectivity index (χ3v) is 7.34. The van der Waals surface area contributed by atoms with Gasteiger partial charge in [0.1, 0.15) is 6.61 Å². The average Bonchev–Trinajstić information content (AvgIpc) is 3.37. The molecule has 3 aromatic carbocycles. The van der Waals surface area contributed by atoms with E-state index in [1.807, 2.05) is 17.0 Å². The zero-order chi connectivity index (χ0) is 24.7. The van der Waals surface area contributed by atoms with Crippen molar-refractivity contribution in [2.24, 2.45) is 0 Å². The molecule has 186 valence electrons. The first-order valence-corrected chi connectivity index (χ1v) is 13.0. The summed E-state index contributed by atoms with van der Waals surface area (Å²) in [5.41, 5.74) is 5.06. The van der Waals surface area contributed by atoms with Gasteiger partial charge in [0.25, 0.3) is 0 Å². The lowest BCUT2D eigenvalue weighted by atomic mass is 9.89. The van der Waals surface area contributed by atoms with Gasteiger partial charge in [0, 0.05) is 49.3 Å². The van der Waals surface area contributed by atoms with Gasteiger partial charge in [-0.25, -0.2) is 4.79 Å². The van der Waals surface area contributed by atoms with Crippen LogP contribution in [0.25, 0.3) is 10.9 Å². The maximum absolute atomic E-state index is 12.9. The Morgan fingerprint density at radius 2 is 1.50 bits per heavy atom. The molecule has 0 aliphatic carbocycles. The predicted molar refractivity (Wildman–Crippen MR) is 145 cm³/mol. The van der Waals surface area contributed by atoms with Crippen molar-refractivity contribution in [1.29, 1.82) is 0 Å². The molecule has 5 rings (SSSR count). The smallest absolute Gasteiger partial charge is 0.409 e. The van der Waals surface area contributed by atoms with Crippen LogP contribution in [0.1, 0.15) is 42.4 Å². The molecule has 1 N–H and O–H groups in total. The number of rotatable bonds is 8. The molecule has 1 aliphatic heterocycles. The number of aromatic nitrogens is 1. The van der Waals surface area contributed by atoms with Gasteiger partial charge in [-0.15, -0.1) is 0 Å². The molecule has 1 saturated heterocycles. The lowest BCUT2D eigenvalue weighted by molar-refractivity contribution is 0.0589. The Bertz CT molecular complexity index is 1210. The topological polar surface area (TPSA) is 48.6 Å². The molecule has 5 heteroatoms. The molecular formula is C31H35N3O2. The van der Waals surface area contributed by atoms with Crippen LogP contribution in [-0.4, -0.2) is 46.6 Å². The number of fused-ring (bicyclic) bond motifs is 1. The first-order valence-electron chi connectivity index (χ1n) is 13.0. The second-order valence-electron chi connectivity index (χ2n) is 9.85. The van der Waals surface area contributed by atoms with E-state index in [-0.39, 0.29) is 12.1 Å². The van der Waals surface area contributed by atoms with Gasteiger partial charge in [-0.05, 0) is 48.4 Å². The fourth-order valence-corrected chi connectivity index (χ4v) is 5.20. The van der Waals surface area contributed by atoms with Crippen LogP contribution in [0.3, 0.4) is 0 Å². The number of H-pyrrole nitrogens is 1. The third-order valence-electron chi connectivity index (χ3n) is 7.34. The predicted octanol–water partition coefficient (Wildman–Crippen LogP) is 6.57. The number of piperidine rings is 1. The SMILES string of the molecule is CC(COC(=O)N1CCC(c2c[nH]c3ccccc23)CC1)N(Cc1ccccc1)Cc1ccccc1. The van der Waals surface area contributed by atoms with E-state index in [1.165, 1.54) is 27.6 Å². The van der Waals surface area contributed by atoms with Crippen molar-refractivity contribution in [2.75, 3.05) is 19.7 Å².